The maximum Gasteiger partial charge on any atom is 0.268 e. The fourth-order valence-corrected chi connectivity index (χ4v) is 9.98. The lowest BCUT2D eigenvalue weighted by Crippen LogP contribution is -2.45. The molecular weight excluding hydrogens is 1060 g/mol. The van der Waals surface area contributed by atoms with Gasteiger partial charge in [0, 0.05) is 6.42 Å². The molecule has 0 rings (SSSR count). The molecule has 0 aliphatic carbocycles. The second-order valence-electron chi connectivity index (χ2n) is 23.8. The Morgan fingerprint density at radius 3 is 1.11 bits per heavy atom. The first-order valence-corrected chi connectivity index (χ1v) is 35.7. The topological polar surface area (TPSA) is 108 Å². The summed E-state index contributed by atoms with van der Waals surface area (Å²) in [6.45, 7) is 4.50. The van der Waals surface area contributed by atoms with Crippen molar-refractivity contribution < 1.29 is 32.9 Å². The first-order chi connectivity index (χ1) is 41.0. The van der Waals surface area contributed by atoms with Crippen molar-refractivity contribution in [3.8, 4) is 0 Å². The number of carbonyl (C=O) groups excluding carboxylic acids is 1. The summed E-state index contributed by atoms with van der Waals surface area (Å²) in [6.07, 6.45) is 98.2. The predicted molar refractivity (Wildman–Crippen MR) is 366 cm³/mol. The Labute approximate surface area is 519 Å². The van der Waals surface area contributed by atoms with Crippen LogP contribution in [0.25, 0.3) is 0 Å². The number of phosphoric ester groups is 1. The van der Waals surface area contributed by atoms with Crippen LogP contribution in [0.1, 0.15) is 271 Å². The number of amides is 1. The molecular formula is C75H129N2O6P. The second-order valence-corrected chi connectivity index (χ2v) is 25.2. The van der Waals surface area contributed by atoms with Crippen LogP contribution in [0.5, 0.6) is 0 Å². The molecule has 8 nitrogen and oxygen atoms in total. The molecule has 84 heavy (non-hydrogen) atoms. The van der Waals surface area contributed by atoms with Gasteiger partial charge in [0.1, 0.15) is 13.2 Å². The first kappa shape index (κ1) is 80.4. The van der Waals surface area contributed by atoms with E-state index >= 15 is 0 Å². The molecule has 480 valence electrons. The van der Waals surface area contributed by atoms with Crippen molar-refractivity contribution in [1.29, 1.82) is 0 Å². The molecule has 9 heteroatoms. The van der Waals surface area contributed by atoms with E-state index in [1.54, 1.807) is 6.08 Å². The molecule has 0 bridgehead atoms. The van der Waals surface area contributed by atoms with Crippen molar-refractivity contribution in [2.24, 2.45) is 0 Å². The molecule has 0 aromatic carbocycles. The molecule has 0 aromatic rings. The second kappa shape index (κ2) is 63.9. The highest BCUT2D eigenvalue weighted by Crippen LogP contribution is 2.38. The Balaban J connectivity index is 4.26. The fourth-order valence-electron chi connectivity index (χ4n) is 9.26. The average molecular weight is 1190 g/mol. The van der Waals surface area contributed by atoms with E-state index in [1.807, 2.05) is 27.2 Å². The summed E-state index contributed by atoms with van der Waals surface area (Å²) in [5.41, 5.74) is 0. The van der Waals surface area contributed by atoms with E-state index in [2.05, 4.69) is 153 Å². The number of phosphoric acid groups is 1. The molecule has 0 aliphatic heterocycles. The van der Waals surface area contributed by atoms with Crippen LogP contribution in [-0.2, 0) is 18.4 Å². The number of carbonyl (C=O) groups is 1. The summed E-state index contributed by atoms with van der Waals surface area (Å²) in [7, 11) is 1.21. The van der Waals surface area contributed by atoms with E-state index in [1.165, 1.54) is 135 Å². The number of nitrogens with zero attached hydrogens (tertiary/aromatic N) is 1. The Bertz CT molecular complexity index is 1880. The number of hydrogen-bond acceptors (Lipinski definition) is 6. The van der Waals surface area contributed by atoms with Crippen molar-refractivity contribution in [1.82, 2.24) is 5.32 Å². The monoisotopic (exact) mass is 1180 g/mol. The molecule has 0 aliphatic rings. The minimum absolute atomic E-state index is 0.0195. The highest BCUT2D eigenvalue weighted by molar-refractivity contribution is 7.45. The summed E-state index contributed by atoms with van der Waals surface area (Å²) >= 11 is 0. The Morgan fingerprint density at radius 1 is 0.429 bits per heavy atom. The standard InChI is InChI=1S/C75H129N2O6P/c1-6-8-10-12-14-16-18-20-22-24-26-28-30-32-34-35-36-37-38-39-40-41-43-45-47-49-51-53-55-57-59-61-63-65-67-69-75(79)76-73(72-83-84(80,81)82-71-70-77(3,4)5)74(78)68-66-64-62-60-58-56-54-52-50-48-46-44-42-33-31-29-27-25-23-21-19-17-15-13-11-9-7-2/h8,10,14,16,20,22,26,28,32,34,36-37,39-40,43,45,49,51,55,57-58,60,66,68,73-74,78H,6-7,9,11-13,15,17-19,21,23-25,27,29-31,33,35,38,41-42,44,46-48,50,52-54,56,59,61-65,67,69-72H2,1-5H3,(H-,76,79,80,81)/b10-8-,16-14-,22-20-,28-26-,34-32-,37-36-,40-39-,45-43-,51-49-,57-55-,60-58+,68-66+. The quantitative estimate of drug-likeness (QED) is 0.0272. The summed E-state index contributed by atoms with van der Waals surface area (Å²) in [4.78, 5) is 25.6. The maximum atomic E-state index is 13.0. The lowest BCUT2D eigenvalue weighted by molar-refractivity contribution is -0.870. The van der Waals surface area contributed by atoms with Crippen molar-refractivity contribution in [3.63, 3.8) is 0 Å². The SMILES string of the molecule is CC/C=C\C/C=C\C/C=C\C/C=C\C/C=C\C/C=C\C/C=C\C/C=C\C/C=C\C/C=C\CCCCCCC(=O)NC(COP(=O)([O-])OCC[N+](C)(C)C)C(O)/C=C/CC/C=C/CCCCCCCCCCCCCCCCCCCCCCC. The van der Waals surface area contributed by atoms with Gasteiger partial charge in [0.05, 0.1) is 39.9 Å². The van der Waals surface area contributed by atoms with Gasteiger partial charge in [-0.05, 0) is 109 Å². The van der Waals surface area contributed by atoms with E-state index in [4.69, 9.17) is 9.05 Å². The minimum atomic E-state index is -4.63. The molecule has 2 N–H and O–H groups in total. The van der Waals surface area contributed by atoms with E-state index in [-0.39, 0.29) is 12.5 Å². The van der Waals surface area contributed by atoms with Crippen LogP contribution in [-0.4, -0.2) is 68.5 Å². The van der Waals surface area contributed by atoms with Crippen LogP contribution >= 0.6 is 7.82 Å². The third-order valence-corrected chi connectivity index (χ3v) is 15.5. The number of aliphatic hydroxyl groups excluding tert-OH is 1. The van der Waals surface area contributed by atoms with Crippen LogP contribution < -0.4 is 10.2 Å². The van der Waals surface area contributed by atoms with Gasteiger partial charge >= 0.3 is 0 Å². The maximum absolute atomic E-state index is 13.0. The number of nitrogens with one attached hydrogen (secondary N) is 1. The zero-order chi connectivity index (χ0) is 61.2. The first-order valence-electron chi connectivity index (χ1n) is 34.2. The van der Waals surface area contributed by atoms with Gasteiger partial charge in [0.25, 0.3) is 7.82 Å². The zero-order valence-electron chi connectivity index (χ0n) is 54.8. The number of rotatable bonds is 61. The highest BCUT2D eigenvalue weighted by Gasteiger charge is 2.23. The lowest BCUT2D eigenvalue weighted by atomic mass is 10.0. The third-order valence-electron chi connectivity index (χ3n) is 14.5. The summed E-state index contributed by atoms with van der Waals surface area (Å²) < 4.78 is 23.4. The largest absolute Gasteiger partial charge is 0.756 e. The summed E-state index contributed by atoms with van der Waals surface area (Å²) in [6, 6.07) is -0.930. The van der Waals surface area contributed by atoms with Crippen LogP contribution in [0, 0.1) is 0 Å². The Hall–Kier alpha value is -3.62. The molecule has 3 unspecified atom stereocenters. The van der Waals surface area contributed by atoms with Gasteiger partial charge in [0.15, 0.2) is 0 Å². The van der Waals surface area contributed by atoms with Gasteiger partial charge in [-0.3, -0.25) is 9.36 Å². The normalized spacial score (nSPS) is 14.6. The third kappa shape index (κ3) is 65.9. The minimum Gasteiger partial charge on any atom is -0.756 e. The lowest BCUT2D eigenvalue weighted by Gasteiger charge is -2.29. The number of aliphatic hydroxyl groups is 1. The van der Waals surface area contributed by atoms with Crippen molar-refractivity contribution in [3.05, 3.63) is 146 Å². The van der Waals surface area contributed by atoms with Crippen molar-refractivity contribution in [2.45, 2.75) is 283 Å². The molecule has 0 heterocycles. The Morgan fingerprint density at radius 2 is 0.738 bits per heavy atom. The van der Waals surface area contributed by atoms with Gasteiger partial charge < -0.3 is 28.8 Å². The van der Waals surface area contributed by atoms with E-state index < -0.39 is 26.6 Å². The van der Waals surface area contributed by atoms with Gasteiger partial charge in [-0.2, -0.15) is 0 Å². The number of hydrogen-bond donors (Lipinski definition) is 2. The van der Waals surface area contributed by atoms with E-state index in [9.17, 15) is 19.4 Å². The molecule has 3 atom stereocenters. The summed E-state index contributed by atoms with van der Waals surface area (Å²) in [5, 5.41) is 13.9. The predicted octanol–water partition coefficient (Wildman–Crippen LogP) is 21.4. The summed E-state index contributed by atoms with van der Waals surface area (Å²) in [5.74, 6) is -0.235. The van der Waals surface area contributed by atoms with Crippen molar-refractivity contribution >= 4 is 13.7 Å². The average Bonchev–Trinajstić information content (AvgIpc) is 3.56. The van der Waals surface area contributed by atoms with E-state index in [0.717, 1.165) is 109 Å². The van der Waals surface area contributed by atoms with Gasteiger partial charge in [0.2, 0.25) is 5.91 Å². The fraction of sp³-hybridized carbons (Fsp3) is 0.667. The van der Waals surface area contributed by atoms with Crippen LogP contribution in [0.3, 0.4) is 0 Å². The molecule has 0 saturated carbocycles. The number of allylic oxidation sites excluding steroid dienone is 23. The van der Waals surface area contributed by atoms with Gasteiger partial charge in [-0.15, -0.1) is 0 Å². The molecule has 0 saturated heterocycles. The molecule has 1 amide bonds. The number of quaternary nitrogens is 1. The van der Waals surface area contributed by atoms with Crippen LogP contribution in [0.15, 0.2) is 146 Å². The molecule has 0 aromatic heterocycles. The molecule has 0 fully saturated rings. The van der Waals surface area contributed by atoms with Crippen LogP contribution in [0.4, 0.5) is 0 Å². The molecule has 0 radical (unpaired) electrons. The molecule has 0 spiro atoms. The van der Waals surface area contributed by atoms with Crippen LogP contribution in [0.2, 0.25) is 0 Å². The number of likely N-dealkylation sites (N-methyl/N-ethyl adjacent to an activating group) is 1. The van der Waals surface area contributed by atoms with Gasteiger partial charge in [-0.1, -0.05) is 301 Å². The van der Waals surface area contributed by atoms with E-state index in [0.29, 0.717) is 23.9 Å². The zero-order valence-corrected chi connectivity index (χ0v) is 55.7. The smallest absolute Gasteiger partial charge is 0.268 e. The number of unbranched alkanes of at least 4 members (excludes halogenated alkanes) is 26. The van der Waals surface area contributed by atoms with Crippen molar-refractivity contribution in [2.75, 3.05) is 40.9 Å². The highest BCUT2D eigenvalue weighted by atomic mass is 31.2. The van der Waals surface area contributed by atoms with Gasteiger partial charge in [-0.25, -0.2) is 0 Å². The Kier molecular flexibility index (Phi) is 61.1.